The van der Waals surface area contributed by atoms with Crippen molar-refractivity contribution in [1.82, 2.24) is 30.6 Å². The summed E-state index contributed by atoms with van der Waals surface area (Å²) in [4.78, 5) is 32.2. The lowest BCUT2D eigenvalue weighted by Crippen LogP contribution is -2.45. The molecule has 2 N–H and O–H groups in total. The summed E-state index contributed by atoms with van der Waals surface area (Å²) in [6.07, 6.45) is 5.25. The number of aromatic nitrogens is 4. The van der Waals surface area contributed by atoms with E-state index in [1.54, 1.807) is 6.07 Å². The summed E-state index contributed by atoms with van der Waals surface area (Å²) in [6, 6.07) is 13.9. The molecular weight excluding hydrogens is 416 g/mol. The van der Waals surface area contributed by atoms with E-state index in [9.17, 15) is 9.59 Å². The molecule has 0 radical (unpaired) electrons. The fourth-order valence-corrected chi connectivity index (χ4v) is 4.70. The first-order chi connectivity index (χ1) is 16.1. The Bertz CT molecular complexity index is 1330. The first-order valence-electron chi connectivity index (χ1n) is 11.4. The normalized spacial score (nSPS) is 16.3. The molecule has 4 aromatic rings. The largest absolute Gasteiger partial charge is 0.352 e. The fourth-order valence-electron chi connectivity index (χ4n) is 4.70. The van der Waals surface area contributed by atoms with E-state index in [0.717, 1.165) is 47.7 Å². The second-order valence-electron chi connectivity index (χ2n) is 8.54. The highest BCUT2D eigenvalue weighted by Gasteiger charge is 2.28. The van der Waals surface area contributed by atoms with Crippen LogP contribution in [0.15, 0.2) is 48.7 Å². The first kappa shape index (κ1) is 21.1. The zero-order valence-corrected chi connectivity index (χ0v) is 18.5. The monoisotopic (exact) mass is 442 g/mol. The third-order valence-corrected chi connectivity index (χ3v) is 6.52. The number of carbonyl (C=O) groups excluding carboxylic acids is 2. The van der Waals surface area contributed by atoms with Crippen molar-refractivity contribution in [3.05, 3.63) is 65.4 Å². The molecule has 8 heteroatoms. The van der Waals surface area contributed by atoms with Gasteiger partial charge in [0.2, 0.25) is 5.65 Å². The van der Waals surface area contributed by atoms with Gasteiger partial charge < -0.3 is 10.2 Å². The van der Waals surface area contributed by atoms with Crippen LogP contribution in [0.4, 0.5) is 0 Å². The Kier molecular flexibility index (Phi) is 5.73. The summed E-state index contributed by atoms with van der Waals surface area (Å²) in [7, 11) is 0. The molecule has 1 atom stereocenters. The zero-order valence-electron chi connectivity index (χ0n) is 18.5. The minimum absolute atomic E-state index is 0.0787. The fraction of sp³-hybridized carbons (Fsp3) is 0.320. The summed E-state index contributed by atoms with van der Waals surface area (Å²) in [5.74, 6) is -0.124. The number of hydrogen-bond acceptors (Lipinski definition) is 5. The number of nitrogens with zero attached hydrogens (tertiary/aromatic N) is 4. The van der Waals surface area contributed by atoms with Crippen LogP contribution in [0.1, 0.15) is 52.0 Å². The molecule has 0 saturated carbocycles. The van der Waals surface area contributed by atoms with Crippen LogP contribution in [-0.4, -0.2) is 56.2 Å². The van der Waals surface area contributed by atoms with E-state index in [2.05, 4.69) is 37.8 Å². The number of H-pyrrole nitrogens is 1. The van der Waals surface area contributed by atoms with Crippen LogP contribution in [0.25, 0.3) is 21.9 Å². The molecule has 1 aliphatic heterocycles. The van der Waals surface area contributed by atoms with Gasteiger partial charge in [-0.3, -0.25) is 9.59 Å². The number of fused-ring (bicyclic) bond motifs is 2. The third kappa shape index (κ3) is 4.16. The predicted molar refractivity (Wildman–Crippen MR) is 126 cm³/mol. The van der Waals surface area contributed by atoms with E-state index in [1.807, 2.05) is 36.1 Å². The zero-order chi connectivity index (χ0) is 22.8. The standard InChI is InChI=1S/C25H26N6O2/c1-16-20-8-3-2-6-17(20)9-10-21(16)25(33)31-13-5-4-7-19(31)11-12-26-24(32)18-14-22-23(27-15-18)29-30-28-22/h2-3,6,8-10,14-15,19H,4-5,7,11-13H2,1H3,(H,26,32)(H,27,28,29,30). The Morgan fingerprint density at radius 3 is 2.94 bits per heavy atom. The number of aryl methyl sites for hydroxylation is 1. The summed E-state index contributed by atoms with van der Waals surface area (Å²) < 4.78 is 0. The molecule has 0 bridgehead atoms. The highest BCUT2D eigenvalue weighted by Crippen LogP contribution is 2.26. The summed E-state index contributed by atoms with van der Waals surface area (Å²) >= 11 is 0. The van der Waals surface area contributed by atoms with Gasteiger partial charge in [0.05, 0.1) is 5.56 Å². The lowest BCUT2D eigenvalue weighted by atomic mass is 9.95. The van der Waals surface area contributed by atoms with Crippen LogP contribution >= 0.6 is 0 Å². The molecule has 2 amide bonds. The van der Waals surface area contributed by atoms with Crippen molar-refractivity contribution >= 4 is 33.8 Å². The van der Waals surface area contributed by atoms with Crippen molar-refractivity contribution in [2.24, 2.45) is 0 Å². The molecule has 1 saturated heterocycles. The second-order valence-corrected chi connectivity index (χ2v) is 8.54. The maximum absolute atomic E-state index is 13.5. The number of benzene rings is 2. The van der Waals surface area contributed by atoms with Gasteiger partial charge in [-0.1, -0.05) is 30.3 Å². The van der Waals surface area contributed by atoms with E-state index in [0.29, 0.717) is 29.7 Å². The number of amides is 2. The molecule has 2 aromatic heterocycles. The molecule has 2 aromatic carbocycles. The lowest BCUT2D eigenvalue weighted by Gasteiger charge is -2.36. The Morgan fingerprint density at radius 1 is 1.15 bits per heavy atom. The molecule has 3 heterocycles. The Morgan fingerprint density at radius 2 is 2.03 bits per heavy atom. The van der Waals surface area contributed by atoms with Crippen molar-refractivity contribution in [3.8, 4) is 0 Å². The van der Waals surface area contributed by atoms with Crippen molar-refractivity contribution in [2.75, 3.05) is 13.1 Å². The van der Waals surface area contributed by atoms with Gasteiger partial charge in [-0.2, -0.15) is 10.3 Å². The van der Waals surface area contributed by atoms with Gasteiger partial charge in [0, 0.05) is 30.9 Å². The first-order valence-corrected chi connectivity index (χ1v) is 11.4. The van der Waals surface area contributed by atoms with Gasteiger partial charge in [0.1, 0.15) is 5.52 Å². The minimum Gasteiger partial charge on any atom is -0.352 e. The van der Waals surface area contributed by atoms with E-state index in [-0.39, 0.29) is 17.9 Å². The molecule has 0 spiro atoms. The van der Waals surface area contributed by atoms with Crippen LogP contribution in [0.2, 0.25) is 0 Å². The van der Waals surface area contributed by atoms with Gasteiger partial charge in [0.25, 0.3) is 11.8 Å². The van der Waals surface area contributed by atoms with Crippen molar-refractivity contribution in [2.45, 2.75) is 38.6 Å². The number of piperidine rings is 1. The molecule has 0 aliphatic carbocycles. The van der Waals surface area contributed by atoms with Gasteiger partial charge in [-0.25, -0.2) is 4.98 Å². The van der Waals surface area contributed by atoms with E-state index >= 15 is 0 Å². The summed E-state index contributed by atoms with van der Waals surface area (Å²) in [6.45, 7) is 3.26. The van der Waals surface area contributed by atoms with Crippen LogP contribution in [0.5, 0.6) is 0 Å². The van der Waals surface area contributed by atoms with E-state index < -0.39 is 0 Å². The molecule has 5 rings (SSSR count). The number of rotatable bonds is 5. The second kappa shape index (κ2) is 8.97. The van der Waals surface area contributed by atoms with Gasteiger partial charge in [0.15, 0.2) is 0 Å². The van der Waals surface area contributed by atoms with Gasteiger partial charge >= 0.3 is 0 Å². The van der Waals surface area contributed by atoms with Crippen molar-refractivity contribution in [3.63, 3.8) is 0 Å². The number of likely N-dealkylation sites (tertiary alicyclic amines) is 1. The minimum atomic E-state index is -0.202. The summed E-state index contributed by atoms with van der Waals surface area (Å²) in [5, 5.41) is 15.6. The molecule has 168 valence electrons. The quantitative estimate of drug-likeness (QED) is 0.491. The summed E-state index contributed by atoms with van der Waals surface area (Å²) in [5.41, 5.74) is 3.26. The Hall–Kier alpha value is -3.81. The van der Waals surface area contributed by atoms with Crippen LogP contribution in [0.3, 0.4) is 0 Å². The number of pyridine rings is 1. The van der Waals surface area contributed by atoms with E-state index in [1.165, 1.54) is 6.20 Å². The highest BCUT2D eigenvalue weighted by molar-refractivity contribution is 6.01. The van der Waals surface area contributed by atoms with Crippen LogP contribution in [-0.2, 0) is 0 Å². The van der Waals surface area contributed by atoms with Crippen LogP contribution in [0, 0.1) is 6.92 Å². The smallest absolute Gasteiger partial charge is 0.254 e. The molecular formula is C25H26N6O2. The van der Waals surface area contributed by atoms with Gasteiger partial charge in [-0.05, 0) is 61.1 Å². The average Bonchev–Trinajstić information content (AvgIpc) is 3.32. The molecule has 8 nitrogen and oxygen atoms in total. The molecule has 33 heavy (non-hydrogen) atoms. The van der Waals surface area contributed by atoms with Gasteiger partial charge in [-0.15, -0.1) is 5.10 Å². The van der Waals surface area contributed by atoms with E-state index in [4.69, 9.17) is 0 Å². The maximum atomic E-state index is 13.5. The molecule has 1 unspecified atom stereocenters. The number of nitrogens with one attached hydrogen (secondary N) is 2. The topological polar surface area (TPSA) is 104 Å². The van der Waals surface area contributed by atoms with Crippen LogP contribution < -0.4 is 5.32 Å². The number of hydrogen-bond donors (Lipinski definition) is 2. The molecule has 1 aliphatic rings. The van der Waals surface area contributed by atoms with Crippen molar-refractivity contribution in [1.29, 1.82) is 0 Å². The van der Waals surface area contributed by atoms with Crippen molar-refractivity contribution < 1.29 is 9.59 Å². The third-order valence-electron chi connectivity index (χ3n) is 6.52. The highest BCUT2D eigenvalue weighted by atomic mass is 16.2. The number of carbonyl (C=O) groups is 2. The lowest BCUT2D eigenvalue weighted by molar-refractivity contribution is 0.0601. The Balaban J connectivity index is 1.26. The number of aromatic amines is 1. The Labute approximate surface area is 191 Å². The maximum Gasteiger partial charge on any atom is 0.254 e. The predicted octanol–water partition coefficient (Wildman–Crippen LogP) is 3.63. The average molecular weight is 443 g/mol. The molecule has 1 fully saturated rings. The SMILES string of the molecule is Cc1c(C(=O)N2CCCCC2CCNC(=O)c2cnc3n[nH]nc3c2)ccc2ccccc12.